The molecule has 3 N–H and O–H groups in total. The van der Waals surface area contributed by atoms with Crippen LogP contribution in [0.15, 0.2) is 24.3 Å². The largest absolute Gasteiger partial charge is 0.323 e. The molecule has 29 heavy (non-hydrogen) atoms. The number of carbonyl (C=O) groups excluding carboxylic acids is 3. The third kappa shape index (κ3) is 4.03. The van der Waals surface area contributed by atoms with Crippen LogP contribution in [0.2, 0.25) is 0 Å². The van der Waals surface area contributed by atoms with Gasteiger partial charge in [-0.2, -0.15) is 0 Å². The fraction of sp³-hybridized carbons (Fsp3) is 0.429. The number of anilines is 1. The number of thiazole rings is 1. The van der Waals surface area contributed by atoms with Crippen LogP contribution in [-0.2, 0) is 16.0 Å². The zero-order valence-electron chi connectivity index (χ0n) is 16.5. The third-order valence-corrected chi connectivity index (χ3v) is 6.91. The molecular weight excluding hydrogens is 388 g/mol. The molecule has 0 bridgehead atoms. The van der Waals surface area contributed by atoms with Crippen molar-refractivity contribution < 1.29 is 14.4 Å². The second-order valence-electron chi connectivity index (χ2n) is 7.94. The van der Waals surface area contributed by atoms with E-state index in [1.165, 1.54) is 22.5 Å². The zero-order chi connectivity index (χ0) is 20.6. The van der Waals surface area contributed by atoms with Crippen molar-refractivity contribution >= 4 is 34.3 Å². The monoisotopic (exact) mass is 412 g/mol. The van der Waals surface area contributed by atoms with Gasteiger partial charge in [-0.15, -0.1) is 11.3 Å². The van der Waals surface area contributed by atoms with Crippen molar-refractivity contribution in [2.45, 2.75) is 51.5 Å². The topological polar surface area (TPSA) is 100 Å². The molecule has 0 unspecified atom stereocenters. The Morgan fingerprint density at radius 2 is 1.90 bits per heavy atom. The van der Waals surface area contributed by atoms with E-state index in [4.69, 9.17) is 0 Å². The smallest absolute Gasteiger partial charge is 0.322 e. The summed E-state index contributed by atoms with van der Waals surface area (Å²) in [5, 5.41) is 8.58. The Hall–Kier alpha value is -2.74. The van der Waals surface area contributed by atoms with Crippen LogP contribution in [0, 0.1) is 19.8 Å². The van der Waals surface area contributed by atoms with Crippen molar-refractivity contribution in [1.29, 1.82) is 0 Å². The highest BCUT2D eigenvalue weighted by atomic mass is 32.1. The van der Waals surface area contributed by atoms with Crippen LogP contribution in [0.5, 0.6) is 0 Å². The lowest BCUT2D eigenvalue weighted by atomic mass is 9.76. The van der Waals surface area contributed by atoms with Crippen molar-refractivity contribution in [1.82, 2.24) is 15.6 Å². The maximum Gasteiger partial charge on any atom is 0.322 e. The average molecular weight is 413 g/mol. The molecule has 2 heterocycles. The van der Waals surface area contributed by atoms with Gasteiger partial charge in [0.05, 0.1) is 5.69 Å². The lowest BCUT2D eigenvalue weighted by Crippen LogP contribution is -2.50. The van der Waals surface area contributed by atoms with E-state index in [1.54, 1.807) is 0 Å². The second-order valence-corrected chi connectivity index (χ2v) is 9.03. The molecule has 0 radical (unpaired) electrons. The number of urea groups is 1. The first-order valence-corrected chi connectivity index (χ1v) is 10.6. The van der Waals surface area contributed by atoms with Gasteiger partial charge in [-0.25, -0.2) is 9.78 Å². The van der Waals surface area contributed by atoms with Crippen molar-refractivity contribution in [2.24, 2.45) is 5.92 Å². The quantitative estimate of drug-likeness (QED) is 0.672. The molecule has 2 aliphatic rings. The summed E-state index contributed by atoms with van der Waals surface area (Å²) in [6.07, 6.45) is 2.84. The Kier molecular flexibility index (Phi) is 5.12. The van der Waals surface area contributed by atoms with Gasteiger partial charge in [0.1, 0.15) is 5.54 Å². The molecule has 1 saturated heterocycles. The summed E-state index contributed by atoms with van der Waals surface area (Å²) in [5.74, 6) is -0.534. The van der Waals surface area contributed by atoms with E-state index in [9.17, 15) is 14.4 Å². The van der Waals surface area contributed by atoms with Crippen molar-refractivity contribution in [3.8, 4) is 0 Å². The Labute approximate surface area is 173 Å². The fourth-order valence-electron chi connectivity index (χ4n) is 4.00. The SMILES string of the molecule is Cc1ccc(Cc2sc(NC(=O)C3CCC4(CC3)NC(=O)NC4=O)nc2C)cc1. The molecule has 4 rings (SSSR count). The fourth-order valence-corrected chi connectivity index (χ4v) is 5.00. The molecule has 1 aliphatic carbocycles. The summed E-state index contributed by atoms with van der Waals surface area (Å²) in [6, 6.07) is 7.97. The first-order chi connectivity index (χ1) is 13.8. The summed E-state index contributed by atoms with van der Waals surface area (Å²) in [7, 11) is 0. The Morgan fingerprint density at radius 1 is 1.21 bits per heavy atom. The van der Waals surface area contributed by atoms with E-state index in [1.807, 2.05) is 6.92 Å². The minimum Gasteiger partial charge on any atom is -0.323 e. The van der Waals surface area contributed by atoms with Gasteiger partial charge in [-0.3, -0.25) is 14.9 Å². The molecule has 1 aromatic carbocycles. The minimum atomic E-state index is -0.840. The average Bonchev–Trinajstić information content (AvgIpc) is 3.15. The molecule has 4 amide bonds. The third-order valence-electron chi connectivity index (χ3n) is 5.83. The Balaban J connectivity index is 1.36. The molecule has 2 aromatic rings. The first kappa shape index (κ1) is 19.6. The molecule has 1 aliphatic heterocycles. The lowest BCUT2D eigenvalue weighted by molar-refractivity contribution is -0.128. The Bertz CT molecular complexity index is 959. The number of amides is 4. The number of aryl methyl sites for hydroxylation is 2. The van der Waals surface area contributed by atoms with Crippen LogP contribution in [0.1, 0.15) is 47.4 Å². The van der Waals surface area contributed by atoms with Crippen LogP contribution >= 0.6 is 11.3 Å². The number of nitrogens with one attached hydrogen (secondary N) is 3. The van der Waals surface area contributed by atoms with Gasteiger partial charge in [-0.05, 0) is 45.1 Å². The lowest BCUT2D eigenvalue weighted by Gasteiger charge is -2.33. The molecular formula is C21H24N4O3S. The molecule has 152 valence electrons. The van der Waals surface area contributed by atoms with E-state index < -0.39 is 11.6 Å². The highest BCUT2D eigenvalue weighted by Crippen LogP contribution is 2.35. The van der Waals surface area contributed by atoms with Crippen molar-refractivity contribution in [3.63, 3.8) is 0 Å². The highest BCUT2D eigenvalue weighted by Gasteiger charge is 2.48. The van der Waals surface area contributed by atoms with Gasteiger partial charge in [0, 0.05) is 17.2 Å². The molecule has 1 spiro atoms. The summed E-state index contributed by atoms with van der Waals surface area (Å²) in [6.45, 7) is 4.02. The first-order valence-electron chi connectivity index (χ1n) is 9.81. The maximum absolute atomic E-state index is 12.7. The van der Waals surface area contributed by atoms with Crippen molar-refractivity contribution in [3.05, 3.63) is 46.0 Å². The molecule has 1 aromatic heterocycles. The maximum atomic E-state index is 12.7. The normalized spacial score (nSPS) is 23.7. The number of hydrogen-bond acceptors (Lipinski definition) is 5. The summed E-state index contributed by atoms with van der Waals surface area (Å²) < 4.78 is 0. The number of hydrogen-bond donors (Lipinski definition) is 3. The highest BCUT2D eigenvalue weighted by molar-refractivity contribution is 7.15. The minimum absolute atomic E-state index is 0.0692. The number of aromatic nitrogens is 1. The molecule has 8 heteroatoms. The Morgan fingerprint density at radius 3 is 2.52 bits per heavy atom. The van der Waals surface area contributed by atoms with E-state index in [2.05, 4.69) is 52.1 Å². The van der Waals surface area contributed by atoms with E-state index >= 15 is 0 Å². The van der Waals surface area contributed by atoms with Gasteiger partial charge in [0.2, 0.25) is 5.91 Å². The summed E-state index contributed by atoms with van der Waals surface area (Å²) in [5.41, 5.74) is 2.53. The van der Waals surface area contributed by atoms with Gasteiger partial charge >= 0.3 is 6.03 Å². The van der Waals surface area contributed by atoms with Gasteiger partial charge in [0.15, 0.2) is 5.13 Å². The predicted octanol–water partition coefficient (Wildman–Crippen LogP) is 3.06. The van der Waals surface area contributed by atoms with Crippen LogP contribution in [0.25, 0.3) is 0 Å². The molecule has 2 fully saturated rings. The van der Waals surface area contributed by atoms with Crippen LogP contribution < -0.4 is 16.0 Å². The summed E-state index contributed by atoms with van der Waals surface area (Å²) in [4.78, 5) is 41.8. The van der Waals surface area contributed by atoms with E-state index in [0.29, 0.717) is 30.8 Å². The predicted molar refractivity (Wildman–Crippen MR) is 111 cm³/mol. The van der Waals surface area contributed by atoms with Gasteiger partial charge in [-0.1, -0.05) is 29.8 Å². The number of imide groups is 1. The molecule has 1 saturated carbocycles. The standard InChI is InChI=1S/C21H24N4O3S/c1-12-3-5-14(6-4-12)11-16-13(2)22-20(29-16)23-17(26)15-7-9-21(10-8-15)18(27)24-19(28)25-21/h3-6,15H,7-11H2,1-2H3,(H,22,23,26)(H2,24,25,27,28). The van der Waals surface area contributed by atoms with Crippen LogP contribution in [0.4, 0.5) is 9.93 Å². The van der Waals surface area contributed by atoms with Gasteiger partial charge in [0.25, 0.3) is 5.91 Å². The number of carbonyl (C=O) groups is 3. The molecule has 7 nitrogen and oxygen atoms in total. The summed E-state index contributed by atoms with van der Waals surface area (Å²) >= 11 is 1.51. The van der Waals surface area contributed by atoms with Gasteiger partial charge < -0.3 is 10.6 Å². The van der Waals surface area contributed by atoms with Crippen LogP contribution in [-0.4, -0.2) is 28.4 Å². The number of nitrogens with zero attached hydrogens (tertiary/aromatic N) is 1. The molecule has 0 atom stereocenters. The van der Waals surface area contributed by atoms with Crippen molar-refractivity contribution in [2.75, 3.05) is 5.32 Å². The van der Waals surface area contributed by atoms with E-state index in [-0.39, 0.29) is 17.7 Å². The second kappa shape index (κ2) is 7.59. The zero-order valence-corrected chi connectivity index (χ0v) is 17.3. The number of benzene rings is 1. The number of rotatable bonds is 4. The van der Waals surface area contributed by atoms with Crippen LogP contribution in [0.3, 0.4) is 0 Å². The van der Waals surface area contributed by atoms with E-state index in [0.717, 1.165) is 17.0 Å².